The summed E-state index contributed by atoms with van der Waals surface area (Å²) < 4.78 is 7.00. The van der Waals surface area contributed by atoms with Gasteiger partial charge in [0, 0.05) is 25.1 Å². The van der Waals surface area contributed by atoms with Crippen LogP contribution < -0.4 is 10.1 Å². The molecule has 6 heteroatoms. The molecule has 0 saturated carbocycles. The maximum Gasteiger partial charge on any atom is 0.263 e. The first-order valence-electron chi connectivity index (χ1n) is 7.06. The van der Waals surface area contributed by atoms with E-state index in [2.05, 4.69) is 10.4 Å². The SMILES string of the molecule is CCC(=O)c1ccc(OCC(=O)Nc2cc(C)nn2C)cc1. The van der Waals surface area contributed by atoms with Gasteiger partial charge in [0.05, 0.1) is 5.69 Å². The molecule has 22 heavy (non-hydrogen) atoms. The molecular formula is C16H19N3O3. The molecule has 0 radical (unpaired) electrons. The highest BCUT2D eigenvalue weighted by Crippen LogP contribution is 2.14. The third-order valence-electron chi connectivity index (χ3n) is 3.14. The largest absolute Gasteiger partial charge is 0.484 e. The van der Waals surface area contributed by atoms with Gasteiger partial charge in [0.15, 0.2) is 12.4 Å². The second kappa shape index (κ2) is 6.89. The fraction of sp³-hybridized carbons (Fsp3) is 0.312. The van der Waals surface area contributed by atoms with Crippen LogP contribution in [0.3, 0.4) is 0 Å². The van der Waals surface area contributed by atoms with Crippen molar-refractivity contribution in [3.05, 3.63) is 41.6 Å². The number of nitrogens with one attached hydrogen (secondary N) is 1. The number of hydrogen-bond acceptors (Lipinski definition) is 4. The molecule has 2 rings (SSSR count). The Morgan fingerprint density at radius 3 is 2.50 bits per heavy atom. The average Bonchev–Trinajstić information content (AvgIpc) is 2.82. The zero-order valence-electron chi connectivity index (χ0n) is 12.9. The van der Waals surface area contributed by atoms with Crippen molar-refractivity contribution in [2.24, 2.45) is 7.05 Å². The highest BCUT2D eigenvalue weighted by Gasteiger charge is 2.08. The average molecular weight is 301 g/mol. The molecule has 0 bridgehead atoms. The third-order valence-corrected chi connectivity index (χ3v) is 3.14. The molecule has 1 N–H and O–H groups in total. The van der Waals surface area contributed by atoms with Gasteiger partial charge in [0.2, 0.25) is 0 Å². The molecule has 0 atom stereocenters. The van der Waals surface area contributed by atoms with Crippen LogP contribution in [0.2, 0.25) is 0 Å². The summed E-state index contributed by atoms with van der Waals surface area (Å²) in [7, 11) is 1.76. The standard InChI is InChI=1S/C16H19N3O3/c1-4-14(20)12-5-7-13(8-6-12)22-10-16(21)17-15-9-11(2)18-19(15)3/h5-9H,4,10H2,1-3H3,(H,17,21). The monoisotopic (exact) mass is 301 g/mol. The number of carbonyl (C=O) groups excluding carboxylic acids is 2. The summed E-state index contributed by atoms with van der Waals surface area (Å²) in [6.45, 7) is 3.56. The van der Waals surface area contributed by atoms with E-state index in [-0.39, 0.29) is 18.3 Å². The number of carbonyl (C=O) groups is 2. The highest BCUT2D eigenvalue weighted by atomic mass is 16.5. The van der Waals surface area contributed by atoms with Crippen molar-refractivity contribution in [2.45, 2.75) is 20.3 Å². The Balaban J connectivity index is 1.88. The first-order valence-corrected chi connectivity index (χ1v) is 7.06. The van der Waals surface area contributed by atoms with E-state index in [1.165, 1.54) is 0 Å². The molecule has 116 valence electrons. The van der Waals surface area contributed by atoms with E-state index in [4.69, 9.17) is 4.74 Å². The molecule has 6 nitrogen and oxygen atoms in total. The zero-order valence-corrected chi connectivity index (χ0v) is 12.9. The van der Waals surface area contributed by atoms with Crippen LogP contribution in [0, 0.1) is 6.92 Å². The summed E-state index contributed by atoms with van der Waals surface area (Å²) in [4.78, 5) is 23.4. The summed E-state index contributed by atoms with van der Waals surface area (Å²) in [6, 6.07) is 8.55. The van der Waals surface area contributed by atoms with Crippen LogP contribution in [0.4, 0.5) is 5.82 Å². The van der Waals surface area contributed by atoms with Crippen LogP contribution in [0.25, 0.3) is 0 Å². The van der Waals surface area contributed by atoms with Crippen molar-refractivity contribution in [1.82, 2.24) is 9.78 Å². The zero-order chi connectivity index (χ0) is 16.1. The number of aryl methyl sites for hydroxylation is 2. The number of ether oxygens (including phenoxy) is 1. The molecule has 0 aliphatic rings. The Bertz CT molecular complexity index is 674. The molecule has 1 heterocycles. The van der Waals surface area contributed by atoms with Gasteiger partial charge in [-0.2, -0.15) is 5.10 Å². The Hall–Kier alpha value is -2.63. The van der Waals surface area contributed by atoms with Gasteiger partial charge in [-0.15, -0.1) is 0 Å². The van der Waals surface area contributed by atoms with E-state index in [9.17, 15) is 9.59 Å². The number of aromatic nitrogens is 2. The van der Waals surface area contributed by atoms with Crippen molar-refractivity contribution in [3.8, 4) is 5.75 Å². The lowest BCUT2D eigenvalue weighted by Crippen LogP contribution is -2.21. The molecule has 0 unspecified atom stereocenters. The molecule has 0 spiro atoms. The minimum Gasteiger partial charge on any atom is -0.484 e. The fourth-order valence-corrected chi connectivity index (χ4v) is 2.00. The minimum atomic E-state index is -0.267. The smallest absolute Gasteiger partial charge is 0.263 e. The summed E-state index contributed by atoms with van der Waals surface area (Å²) >= 11 is 0. The molecular weight excluding hydrogens is 282 g/mol. The first kappa shape index (κ1) is 15.8. The molecule has 1 aromatic carbocycles. The summed E-state index contributed by atoms with van der Waals surface area (Å²) in [5.41, 5.74) is 1.47. The Morgan fingerprint density at radius 2 is 1.95 bits per heavy atom. The molecule has 1 aromatic heterocycles. The van der Waals surface area contributed by atoms with E-state index in [0.717, 1.165) is 5.69 Å². The number of anilines is 1. The topological polar surface area (TPSA) is 73.2 Å². The van der Waals surface area contributed by atoms with Gasteiger partial charge in [-0.25, -0.2) is 0 Å². The van der Waals surface area contributed by atoms with Crippen molar-refractivity contribution >= 4 is 17.5 Å². The predicted octanol–water partition coefficient (Wildman–Crippen LogP) is 2.34. The number of ketones is 1. The highest BCUT2D eigenvalue weighted by molar-refractivity contribution is 5.96. The molecule has 0 fully saturated rings. The van der Waals surface area contributed by atoms with E-state index in [1.54, 1.807) is 42.1 Å². The predicted molar refractivity (Wildman–Crippen MR) is 83.1 cm³/mol. The Labute approximate surface area is 129 Å². The fourth-order valence-electron chi connectivity index (χ4n) is 2.00. The quantitative estimate of drug-likeness (QED) is 0.831. The van der Waals surface area contributed by atoms with Gasteiger partial charge in [-0.05, 0) is 31.2 Å². The lowest BCUT2D eigenvalue weighted by atomic mass is 10.1. The van der Waals surface area contributed by atoms with Gasteiger partial charge in [0.1, 0.15) is 11.6 Å². The summed E-state index contributed by atoms with van der Waals surface area (Å²) in [6.07, 6.45) is 0.465. The molecule has 0 aliphatic heterocycles. The number of rotatable bonds is 6. The van der Waals surface area contributed by atoms with E-state index in [1.807, 2.05) is 13.8 Å². The second-order valence-electron chi connectivity index (χ2n) is 4.93. The van der Waals surface area contributed by atoms with Crippen molar-refractivity contribution in [3.63, 3.8) is 0 Å². The first-order chi connectivity index (χ1) is 10.5. The number of Topliss-reactive ketones (excluding diaryl/α,β-unsaturated/α-hetero) is 1. The van der Waals surface area contributed by atoms with Crippen LogP contribution in [0.15, 0.2) is 30.3 Å². The van der Waals surface area contributed by atoms with Gasteiger partial charge >= 0.3 is 0 Å². The number of amides is 1. The van der Waals surface area contributed by atoms with E-state index >= 15 is 0 Å². The maximum absolute atomic E-state index is 11.8. The van der Waals surface area contributed by atoms with Gasteiger partial charge in [-0.1, -0.05) is 6.92 Å². The van der Waals surface area contributed by atoms with E-state index in [0.29, 0.717) is 23.6 Å². The minimum absolute atomic E-state index is 0.0795. The van der Waals surface area contributed by atoms with Crippen molar-refractivity contribution in [2.75, 3.05) is 11.9 Å². The summed E-state index contributed by atoms with van der Waals surface area (Å²) in [5.74, 6) is 0.978. The number of hydrogen-bond donors (Lipinski definition) is 1. The maximum atomic E-state index is 11.8. The molecule has 0 aliphatic carbocycles. The molecule has 0 saturated heterocycles. The Kier molecular flexibility index (Phi) is 4.93. The lowest BCUT2D eigenvalue weighted by molar-refractivity contribution is -0.118. The van der Waals surface area contributed by atoms with Crippen LogP contribution in [0.1, 0.15) is 29.4 Å². The van der Waals surface area contributed by atoms with Gasteiger partial charge in [-0.3, -0.25) is 14.3 Å². The third kappa shape index (κ3) is 3.94. The van der Waals surface area contributed by atoms with Crippen LogP contribution >= 0.6 is 0 Å². The Morgan fingerprint density at radius 1 is 1.27 bits per heavy atom. The lowest BCUT2D eigenvalue weighted by Gasteiger charge is -2.08. The summed E-state index contributed by atoms with van der Waals surface area (Å²) in [5, 5.41) is 6.87. The normalized spacial score (nSPS) is 10.3. The van der Waals surface area contributed by atoms with Crippen LogP contribution in [-0.2, 0) is 11.8 Å². The molecule has 2 aromatic rings. The number of nitrogens with zero attached hydrogens (tertiary/aromatic N) is 2. The van der Waals surface area contributed by atoms with Crippen molar-refractivity contribution in [1.29, 1.82) is 0 Å². The van der Waals surface area contributed by atoms with Gasteiger partial charge in [0.25, 0.3) is 5.91 Å². The second-order valence-corrected chi connectivity index (χ2v) is 4.93. The van der Waals surface area contributed by atoms with Crippen LogP contribution in [-0.4, -0.2) is 28.1 Å². The van der Waals surface area contributed by atoms with Crippen molar-refractivity contribution < 1.29 is 14.3 Å². The van der Waals surface area contributed by atoms with Crippen LogP contribution in [0.5, 0.6) is 5.75 Å². The molecule has 1 amide bonds. The number of benzene rings is 1. The van der Waals surface area contributed by atoms with Gasteiger partial charge < -0.3 is 10.1 Å². The van der Waals surface area contributed by atoms with E-state index < -0.39 is 0 Å².